The summed E-state index contributed by atoms with van der Waals surface area (Å²) in [6.07, 6.45) is 4.19. The number of fused-ring (bicyclic) bond motifs is 1. The number of para-hydroxylation sites is 1. The molecule has 3 nitrogen and oxygen atoms in total. The molecule has 1 unspecified atom stereocenters. The first-order chi connectivity index (χ1) is 11.7. The maximum Gasteiger partial charge on any atom is 0.244 e. The molecule has 0 fully saturated rings. The van der Waals surface area contributed by atoms with Gasteiger partial charge in [-0.05, 0) is 37.1 Å². The van der Waals surface area contributed by atoms with Gasteiger partial charge in [-0.25, -0.2) is 4.98 Å². The number of aromatic nitrogens is 1. The summed E-state index contributed by atoms with van der Waals surface area (Å²) in [6.45, 7) is 4.13. The molecule has 2 aromatic carbocycles. The summed E-state index contributed by atoms with van der Waals surface area (Å²) in [6, 6.07) is 16.3. The van der Waals surface area contributed by atoms with Crippen LogP contribution in [0.4, 0.5) is 0 Å². The molecule has 0 aliphatic carbocycles. The number of nitrogens with one attached hydrogen (secondary N) is 1. The first-order valence-corrected chi connectivity index (χ1v) is 8.88. The highest BCUT2D eigenvalue weighted by molar-refractivity contribution is 7.19. The van der Waals surface area contributed by atoms with Crippen molar-refractivity contribution >= 4 is 33.5 Å². The van der Waals surface area contributed by atoms with E-state index >= 15 is 0 Å². The molecule has 0 bridgehead atoms. The number of hydrogen-bond acceptors (Lipinski definition) is 3. The summed E-state index contributed by atoms with van der Waals surface area (Å²) in [7, 11) is 0. The first-order valence-electron chi connectivity index (χ1n) is 8.06. The van der Waals surface area contributed by atoms with E-state index in [0.717, 1.165) is 27.2 Å². The second-order valence-corrected chi connectivity index (χ2v) is 6.80. The van der Waals surface area contributed by atoms with Gasteiger partial charge < -0.3 is 5.32 Å². The van der Waals surface area contributed by atoms with Gasteiger partial charge in [-0.2, -0.15) is 0 Å². The van der Waals surface area contributed by atoms with Crippen molar-refractivity contribution in [2.45, 2.75) is 26.3 Å². The summed E-state index contributed by atoms with van der Waals surface area (Å²) in [5, 5.41) is 3.90. The normalized spacial score (nSPS) is 12.6. The second-order valence-electron chi connectivity index (χ2n) is 5.73. The quantitative estimate of drug-likeness (QED) is 0.674. The van der Waals surface area contributed by atoms with Crippen molar-refractivity contribution in [3.05, 3.63) is 70.7 Å². The number of carbonyl (C=O) groups is 1. The highest BCUT2D eigenvalue weighted by Crippen LogP contribution is 2.22. The van der Waals surface area contributed by atoms with Gasteiger partial charge in [0.1, 0.15) is 5.01 Å². The molecular weight excluding hydrogens is 316 g/mol. The topological polar surface area (TPSA) is 42.0 Å². The second kappa shape index (κ2) is 7.41. The van der Waals surface area contributed by atoms with E-state index < -0.39 is 0 Å². The smallest absolute Gasteiger partial charge is 0.244 e. The van der Waals surface area contributed by atoms with Crippen LogP contribution in [0.1, 0.15) is 35.5 Å². The summed E-state index contributed by atoms with van der Waals surface area (Å²) in [4.78, 5) is 16.7. The number of rotatable bonds is 5. The van der Waals surface area contributed by atoms with Crippen molar-refractivity contribution in [2.24, 2.45) is 0 Å². The van der Waals surface area contributed by atoms with Crippen molar-refractivity contribution in [1.82, 2.24) is 10.3 Å². The number of benzene rings is 2. The summed E-state index contributed by atoms with van der Waals surface area (Å²) in [5.74, 6) is -0.0957. The van der Waals surface area contributed by atoms with Gasteiger partial charge >= 0.3 is 0 Å². The molecule has 0 saturated carbocycles. The lowest BCUT2D eigenvalue weighted by Gasteiger charge is -2.16. The standard InChI is InChI=1S/C20H20N2OS/c1-3-16(15-10-8-14(2)9-11-15)21-19(23)12-13-20-22-17-6-4-5-7-18(17)24-20/h4-13,16H,3H2,1-2H3,(H,21,23)/b13-12+. The summed E-state index contributed by atoms with van der Waals surface area (Å²) < 4.78 is 1.13. The number of thiazole rings is 1. The van der Waals surface area contributed by atoms with Gasteiger partial charge in [0, 0.05) is 6.08 Å². The Morgan fingerprint density at radius 2 is 1.96 bits per heavy atom. The molecule has 0 spiro atoms. The minimum Gasteiger partial charge on any atom is -0.346 e. The molecule has 1 amide bonds. The Kier molecular flexibility index (Phi) is 5.06. The Balaban J connectivity index is 1.68. The molecule has 24 heavy (non-hydrogen) atoms. The van der Waals surface area contributed by atoms with E-state index in [0.29, 0.717) is 0 Å². The Labute approximate surface area is 146 Å². The highest BCUT2D eigenvalue weighted by Gasteiger charge is 2.11. The van der Waals surface area contributed by atoms with E-state index in [1.165, 1.54) is 5.56 Å². The molecule has 3 aromatic rings. The molecule has 3 rings (SSSR count). The van der Waals surface area contributed by atoms with E-state index in [1.807, 2.05) is 24.3 Å². The monoisotopic (exact) mass is 336 g/mol. The van der Waals surface area contributed by atoms with Gasteiger partial charge in [-0.15, -0.1) is 11.3 Å². The zero-order chi connectivity index (χ0) is 16.9. The van der Waals surface area contributed by atoms with Gasteiger partial charge in [0.15, 0.2) is 0 Å². The molecule has 0 aliphatic rings. The van der Waals surface area contributed by atoms with E-state index in [4.69, 9.17) is 0 Å². The SMILES string of the molecule is CCC(NC(=O)/C=C/c1nc2ccccc2s1)c1ccc(C)cc1. The van der Waals surface area contributed by atoms with E-state index in [-0.39, 0.29) is 11.9 Å². The molecule has 0 saturated heterocycles. The van der Waals surface area contributed by atoms with Crippen LogP contribution in [0.5, 0.6) is 0 Å². The molecule has 1 N–H and O–H groups in total. The van der Waals surface area contributed by atoms with Crippen molar-refractivity contribution in [3.63, 3.8) is 0 Å². The van der Waals surface area contributed by atoms with Gasteiger partial charge in [0.25, 0.3) is 0 Å². The van der Waals surface area contributed by atoms with Gasteiger partial charge in [-0.1, -0.05) is 48.9 Å². The van der Waals surface area contributed by atoms with Crippen LogP contribution in [-0.2, 0) is 4.79 Å². The Morgan fingerprint density at radius 1 is 1.21 bits per heavy atom. The third-order valence-corrected chi connectivity index (χ3v) is 4.89. The number of amides is 1. The molecule has 4 heteroatoms. The largest absolute Gasteiger partial charge is 0.346 e. The fourth-order valence-electron chi connectivity index (χ4n) is 2.55. The molecule has 1 aromatic heterocycles. The van der Waals surface area contributed by atoms with Crippen LogP contribution in [0.2, 0.25) is 0 Å². The van der Waals surface area contributed by atoms with Crippen LogP contribution in [0.15, 0.2) is 54.6 Å². The summed E-state index contributed by atoms with van der Waals surface area (Å²) >= 11 is 1.58. The Bertz CT molecular complexity index is 832. The average molecular weight is 336 g/mol. The fraction of sp³-hybridized carbons (Fsp3) is 0.200. The highest BCUT2D eigenvalue weighted by atomic mass is 32.1. The lowest BCUT2D eigenvalue weighted by molar-refractivity contribution is -0.117. The van der Waals surface area contributed by atoms with Crippen LogP contribution >= 0.6 is 11.3 Å². The number of hydrogen-bond donors (Lipinski definition) is 1. The van der Waals surface area contributed by atoms with Crippen LogP contribution in [0.25, 0.3) is 16.3 Å². The molecule has 0 radical (unpaired) electrons. The van der Waals surface area contributed by atoms with E-state index in [9.17, 15) is 4.79 Å². The van der Waals surface area contributed by atoms with Crippen molar-refractivity contribution < 1.29 is 4.79 Å². The fourth-order valence-corrected chi connectivity index (χ4v) is 3.42. The van der Waals surface area contributed by atoms with Crippen LogP contribution in [0, 0.1) is 6.92 Å². The average Bonchev–Trinajstić information content (AvgIpc) is 3.02. The van der Waals surface area contributed by atoms with Gasteiger partial charge in [0.2, 0.25) is 5.91 Å². The van der Waals surface area contributed by atoms with Crippen LogP contribution < -0.4 is 5.32 Å². The van der Waals surface area contributed by atoms with Crippen molar-refractivity contribution in [1.29, 1.82) is 0 Å². The number of carbonyl (C=O) groups excluding carboxylic acids is 1. The van der Waals surface area contributed by atoms with Crippen LogP contribution in [-0.4, -0.2) is 10.9 Å². The lowest BCUT2D eigenvalue weighted by Crippen LogP contribution is -2.26. The molecular formula is C20H20N2OS. The first kappa shape index (κ1) is 16.4. The minimum atomic E-state index is -0.0957. The van der Waals surface area contributed by atoms with E-state index in [1.54, 1.807) is 23.5 Å². The Hall–Kier alpha value is -2.46. The maximum absolute atomic E-state index is 12.2. The molecule has 1 heterocycles. The molecule has 122 valence electrons. The number of nitrogens with zero attached hydrogens (tertiary/aromatic N) is 1. The van der Waals surface area contributed by atoms with Crippen molar-refractivity contribution in [3.8, 4) is 0 Å². The predicted molar refractivity (Wildman–Crippen MR) is 101 cm³/mol. The van der Waals surface area contributed by atoms with E-state index in [2.05, 4.69) is 48.4 Å². The zero-order valence-electron chi connectivity index (χ0n) is 13.8. The van der Waals surface area contributed by atoms with Crippen LogP contribution in [0.3, 0.4) is 0 Å². The maximum atomic E-state index is 12.2. The third kappa shape index (κ3) is 3.89. The van der Waals surface area contributed by atoms with Crippen molar-refractivity contribution in [2.75, 3.05) is 0 Å². The number of aryl methyl sites for hydroxylation is 1. The molecule has 1 atom stereocenters. The Morgan fingerprint density at radius 3 is 2.67 bits per heavy atom. The summed E-state index contributed by atoms with van der Waals surface area (Å²) in [5.41, 5.74) is 3.31. The minimum absolute atomic E-state index is 0.0260. The zero-order valence-corrected chi connectivity index (χ0v) is 14.6. The predicted octanol–water partition coefficient (Wildman–Crippen LogP) is 4.89. The van der Waals surface area contributed by atoms with Gasteiger partial charge in [0.05, 0.1) is 16.3 Å². The lowest BCUT2D eigenvalue weighted by atomic mass is 10.0. The third-order valence-electron chi connectivity index (χ3n) is 3.89. The van der Waals surface area contributed by atoms with Gasteiger partial charge in [-0.3, -0.25) is 4.79 Å². The molecule has 0 aliphatic heterocycles.